The standard InChI is InChI=1S/C20H25ClN4O2/c1-14(2)25-9-5-6-16(25)13-24(10-11-27-4)19(26)15-7-8-18-17(12-15)22-20(21)23(18)3/h5-9,12,14H,10-11,13H2,1-4H3. The molecule has 0 saturated carbocycles. The molecule has 2 aromatic heterocycles. The summed E-state index contributed by atoms with van der Waals surface area (Å²) >= 11 is 6.09. The van der Waals surface area contributed by atoms with E-state index in [1.165, 1.54) is 0 Å². The highest BCUT2D eigenvalue weighted by Gasteiger charge is 2.19. The van der Waals surface area contributed by atoms with Gasteiger partial charge in [-0.2, -0.15) is 0 Å². The van der Waals surface area contributed by atoms with Crippen LogP contribution in [0.15, 0.2) is 36.5 Å². The van der Waals surface area contributed by atoms with Gasteiger partial charge in [-0.25, -0.2) is 4.98 Å². The van der Waals surface area contributed by atoms with Gasteiger partial charge >= 0.3 is 0 Å². The molecule has 3 aromatic rings. The third-order valence-corrected chi connectivity index (χ3v) is 5.04. The summed E-state index contributed by atoms with van der Waals surface area (Å²) in [6.07, 6.45) is 2.04. The maximum atomic E-state index is 13.2. The number of fused-ring (bicyclic) bond motifs is 1. The molecule has 0 unspecified atom stereocenters. The molecule has 1 amide bonds. The molecule has 0 aliphatic heterocycles. The number of benzene rings is 1. The van der Waals surface area contributed by atoms with Crippen LogP contribution in [0.5, 0.6) is 0 Å². The summed E-state index contributed by atoms with van der Waals surface area (Å²) in [6.45, 7) is 5.77. The van der Waals surface area contributed by atoms with Gasteiger partial charge in [-0.1, -0.05) is 0 Å². The fourth-order valence-corrected chi connectivity index (χ4v) is 3.38. The number of hydrogen-bond acceptors (Lipinski definition) is 3. The van der Waals surface area contributed by atoms with Crippen molar-refractivity contribution in [2.24, 2.45) is 7.05 Å². The predicted octanol–water partition coefficient (Wildman–Crippen LogP) is 3.90. The summed E-state index contributed by atoms with van der Waals surface area (Å²) in [5.41, 5.74) is 3.30. The first-order valence-corrected chi connectivity index (χ1v) is 9.36. The summed E-state index contributed by atoms with van der Waals surface area (Å²) in [6, 6.07) is 9.90. The highest BCUT2D eigenvalue weighted by Crippen LogP contribution is 2.21. The van der Waals surface area contributed by atoms with Crippen LogP contribution in [0.2, 0.25) is 5.28 Å². The molecule has 0 N–H and O–H groups in total. The normalized spacial score (nSPS) is 11.5. The van der Waals surface area contributed by atoms with Gasteiger partial charge in [0.2, 0.25) is 5.28 Å². The van der Waals surface area contributed by atoms with Gasteiger partial charge in [-0.3, -0.25) is 4.79 Å². The number of methoxy groups -OCH3 is 1. The second-order valence-electron chi connectivity index (χ2n) is 6.86. The first kappa shape index (κ1) is 19.5. The molecular weight excluding hydrogens is 364 g/mol. The van der Waals surface area contributed by atoms with Gasteiger partial charge in [0.05, 0.1) is 24.2 Å². The Hall–Kier alpha value is -2.31. The molecule has 1 aromatic carbocycles. The number of ether oxygens (including phenoxy) is 1. The molecule has 0 fully saturated rings. The van der Waals surface area contributed by atoms with E-state index >= 15 is 0 Å². The maximum absolute atomic E-state index is 13.2. The van der Waals surface area contributed by atoms with E-state index in [0.717, 1.165) is 11.2 Å². The van der Waals surface area contributed by atoms with Gasteiger partial charge in [0.1, 0.15) is 0 Å². The monoisotopic (exact) mass is 388 g/mol. The van der Waals surface area contributed by atoms with E-state index in [0.29, 0.717) is 42.1 Å². The first-order valence-electron chi connectivity index (χ1n) is 8.98. The zero-order valence-electron chi connectivity index (χ0n) is 16.1. The number of carbonyl (C=O) groups excluding carboxylic acids is 1. The van der Waals surface area contributed by atoms with Crippen LogP contribution in [-0.4, -0.2) is 45.2 Å². The van der Waals surface area contributed by atoms with Crippen LogP contribution < -0.4 is 0 Å². The number of nitrogens with zero attached hydrogens (tertiary/aromatic N) is 4. The fraction of sp³-hybridized carbons (Fsp3) is 0.400. The lowest BCUT2D eigenvalue weighted by atomic mass is 10.1. The molecule has 0 spiro atoms. The topological polar surface area (TPSA) is 52.3 Å². The third kappa shape index (κ3) is 4.01. The van der Waals surface area contributed by atoms with Crippen molar-refractivity contribution in [1.82, 2.24) is 19.0 Å². The Morgan fingerprint density at radius 3 is 2.81 bits per heavy atom. The molecule has 144 valence electrons. The second kappa shape index (κ2) is 8.15. The summed E-state index contributed by atoms with van der Waals surface area (Å²) < 4.78 is 9.18. The van der Waals surface area contributed by atoms with Crippen molar-refractivity contribution in [2.75, 3.05) is 20.3 Å². The smallest absolute Gasteiger partial charge is 0.254 e. The number of amides is 1. The Labute approximate surface area is 164 Å². The predicted molar refractivity (Wildman–Crippen MR) is 107 cm³/mol. The molecule has 0 saturated heterocycles. The van der Waals surface area contributed by atoms with Crippen molar-refractivity contribution in [1.29, 1.82) is 0 Å². The van der Waals surface area contributed by atoms with Gasteiger partial charge in [0, 0.05) is 44.2 Å². The van der Waals surface area contributed by atoms with E-state index < -0.39 is 0 Å². The molecule has 0 aliphatic carbocycles. The van der Waals surface area contributed by atoms with Crippen molar-refractivity contribution in [3.8, 4) is 0 Å². The minimum Gasteiger partial charge on any atom is -0.383 e. The van der Waals surface area contributed by atoms with Crippen LogP contribution in [0, 0.1) is 0 Å². The lowest BCUT2D eigenvalue weighted by Gasteiger charge is -2.24. The van der Waals surface area contributed by atoms with Gasteiger partial charge < -0.3 is 18.8 Å². The lowest BCUT2D eigenvalue weighted by Crippen LogP contribution is -2.34. The lowest BCUT2D eigenvalue weighted by molar-refractivity contribution is 0.0675. The fourth-order valence-electron chi connectivity index (χ4n) is 3.20. The van der Waals surface area contributed by atoms with Gasteiger partial charge in [0.25, 0.3) is 5.91 Å². The number of carbonyl (C=O) groups is 1. The van der Waals surface area contributed by atoms with Crippen LogP contribution >= 0.6 is 11.6 Å². The number of rotatable bonds is 7. The molecule has 0 atom stereocenters. The summed E-state index contributed by atoms with van der Waals surface area (Å²) in [7, 11) is 3.49. The van der Waals surface area contributed by atoms with E-state index in [4.69, 9.17) is 16.3 Å². The number of hydrogen-bond donors (Lipinski definition) is 0. The van der Waals surface area contributed by atoms with Gasteiger partial charge in [-0.15, -0.1) is 0 Å². The summed E-state index contributed by atoms with van der Waals surface area (Å²) in [5, 5.41) is 0.403. The number of imidazole rings is 1. The van der Waals surface area contributed by atoms with E-state index in [2.05, 4.69) is 29.5 Å². The highest BCUT2D eigenvalue weighted by molar-refractivity contribution is 6.29. The van der Waals surface area contributed by atoms with Gasteiger partial charge in [0.15, 0.2) is 0 Å². The zero-order chi connectivity index (χ0) is 19.6. The van der Waals surface area contributed by atoms with Gasteiger partial charge in [-0.05, 0) is 55.8 Å². The molecule has 0 radical (unpaired) electrons. The minimum atomic E-state index is -0.0489. The quantitative estimate of drug-likeness (QED) is 0.616. The number of aromatic nitrogens is 3. The van der Waals surface area contributed by atoms with Crippen molar-refractivity contribution in [2.45, 2.75) is 26.4 Å². The number of aryl methyl sites for hydroxylation is 1. The molecule has 3 rings (SSSR count). The van der Waals surface area contributed by atoms with E-state index in [-0.39, 0.29) is 5.91 Å². The van der Waals surface area contributed by atoms with Crippen LogP contribution in [0.25, 0.3) is 11.0 Å². The average Bonchev–Trinajstić information content (AvgIpc) is 3.22. The molecule has 6 nitrogen and oxygen atoms in total. The summed E-state index contributed by atoms with van der Waals surface area (Å²) in [4.78, 5) is 19.3. The first-order chi connectivity index (χ1) is 12.9. The van der Waals surface area contributed by atoms with Crippen LogP contribution in [0.3, 0.4) is 0 Å². The summed E-state index contributed by atoms with van der Waals surface area (Å²) in [5.74, 6) is -0.0489. The second-order valence-corrected chi connectivity index (χ2v) is 7.20. The van der Waals surface area contributed by atoms with Crippen molar-refractivity contribution < 1.29 is 9.53 Å². The molecular formula is C20H25ClN4O2. The van der Waals surface area contributed by atoms with Crippen molar-refractivity contribution >= 4 is 28.5 Å². The molecule has 2 heterocycles. The van der Waals surface area contributed by atoms with Crippen LogP contribution in [-0.2, 0) is 18.3 Å². The molecule has 27 heavy (non-hydrogen) atoms. The van der Waals surface area contributed by atoms with E-state index in [1.807, 2.05) is 36.3 Å². The van der Waals surface area contributed by atoms with Crippen molar-refractivity contribution in [3.05, 3.63) is 53.1 Å². The average molecular weight is 389 g/mol. The Balaban J connectivity index is 1.89. The van der Waals surface area contributed by atoms with E-state index in [9.17, 15) is 4.79 Å². The van der Waals surface area contributed by atoms with Crippen molar-refractivity contribution in [3.63, 3.8) is 0 Å². The third-order valence-electron chi connectivity index (χ3n) is 4.70. The molecule has 0 aliphatic rings. The molecule has 0 bridgehead atoms. The maximum Gasteiger partial charge on any atom is 0.254 e. The van der Waals surface area contributed by atoms with Crippen LogP contribution in [0.4, 0.5) is 0 Å². The largest absolute Gasteiger partial charge is 0.383 e. The van der Waals surface area contributed by atoms with E-state index in [1.54, 1.807) is 17.7 Å². The Kier molecular flexibility index (Phi) is 5.87. The minimum absolute atomic E-state index is 0.0489. The molecule has 7 heteroatoms. The zero-order valence-corrected chi connectivity index (χ0v) is 16.9. The van der Waals surface area contributed by atoms with Crippen LogP contribution in [0.1, 0.15) is 35.9 Å². The SMILES string of the molecule is COCCN(Cc1cccn1C(C)C)C(=O)c1ccc2c(c1)nc(Cl)n2C. The Morgan fingerprint density at radius 1 is 1.33 bits per heavy atom. The number of halogens is 1. The highest BCUT2D eigenvalue weighted by atomic mass is 35.5. The Morgan fingerprint density at radius 2 is 2.11 bits per heavy atom. The Bertz CT molecular complexity index is 945.